The van der Waals surface area contributed by atoms with Gasteiger partial charge in [0.05, 0.1) is 16.5 Å². The van der Waals surface area contributed by atoms with Crippen LogP contribution in [0.4, 0.5) is 24.5 Å². The van der Waals surface area contributed by atoms with Crippen molar-refractivity contribution in [3.63, 3.8) is 0 Å². The molecule has 0 bridgehead atoms. The first-order valence-corrected chi connectivity index (χ1v) is 9.97. The Balaban J connectivity index is 1.40. The van der Waals surface area contributed by atoms with Gasteiger partial charge in [0, 0.05) is 49.6 Å². The van der Waals surface area contributed by atoms with Crippen LogP contribution in [0, 0.1) is 10.1 Å². The van der Waals surface area contributed by atoms with E-state index in [4.69, 9.17) is 4.42 Å². The second-order valence-corrected chi connectivity index (χ2v) is 7.50. The third-order valence-corrected chi connectivity index (χ3v) is 5.52. The summed E-state index contributed by atoms with van der Waals surface area (Å²) < 4.78 is 44.7. The molecule has 2 heterocycles. The van der Waals surface area contributed by atoms with Crippen LogP contribution in [-0.2, 0) is 6.18 Å². The van der Waals surface area contributed by atoms with E-state index in [0.29, 0.717) is 43.3 Å². The molecule has 0 aliphatic carbocycles. The molecule has 1 aromatic heterocycles. The highest BCUT2D eigenvalue weighted by atomic mass is 19.4. The fraction of sp³-hybridized carbons (Fsp3) is 0.333. The van der Waals surface area contributed by atoms with E-state index >= 15 is 0 Å². The topological polar surface area (TPSA) is 88.5 Å². The van der Waals surface area contributed by atoms with E-state index in [-0.39, 0.29) is 17.6 Å². The molecule has 0 amide bonds. The van der Waals surface area contributed by atoms with Crippen LogP contribution in [0.15, 0.2) is 52.9 Å². The van der Waals surface area contributed by atoms with Crippen LogP contribution in [0.3, 0.4) is 0 Å². The first-order valence-electron chi connectivity index (χ1n) is 9.97. The molecule has 0 saturated carbocycles. The Labute approximate surface area is 181 Å². The Morgan fingerprint density at radius 2 is 1.75 bits per heavy atom. The van der Waals surface area contributed by atoms with Gasteiger partial charge < -0.3 is 9.32 Å². The second kappa shape index (κ2) is 8.58. The summed E-state index contributed by atoms with van der Waals surface area (Å²) in [5.41, 5.74) is 0.442. The van der Waals surface area contributed by atoms with Gasteiger partial charge in [-0.05, 0) is 37.3 Å². The van der Waals surface area contributed by atoms with Crippen LogP contribution in [0.25, 0.3) is 11.5 Å². The molecular formula is C21H20F3N5O3. The minimum Gasteiger partial charge on any atom is -0.419 e. The lowest BCUT2D eigenvalue weighted by molar-refractivity contribution is -0.384. The number of nitrogens with zero attached hydrogens (tertiary/aromatic N) is 5. The van der Waals surface area contributed by atoms with Gasteiger partial charge in [0.25, 0.3) is 5.69 Å². The standard InChI is InChI=1S/C21H20F3N5O3/c1-14(19-25-26-20(32-19)15-5-7-17(8-6-15)29(30)31)27-9-11-28(12-10-27)18-4-2-3-16(13-18)21(22,23)24/h2-8,13-14H,9-12H2,1H3. The Morgan fingerprint density at radius 1 is 1.06 bits per heavy atom. The maximum atomic E-state index is 13.0. The minimum atomic E-state index is -4.37. The molecule has 0 spiro atoms. The highest BCUT2D eigenvalue weighted by Gasteiger charge is 2.31. The van der Waals surface area contributed by atoms with Crippen molar-refractivity contribution in [2.75, 3.05) is 31.1 Å². The van der Waals surface area contributed by atoms with E-state index in [1.165, 1.54) is 24.3 Å². The molecule has 0 radical (unpaired) electrons. The number of aromatic nitrogens is 2. The number of hydrogen-bond donors (Lipinski definition) is 0. The van der Waals surface area contributed by atoms with Gasteiger partial charge in [0.1, 0.15) is 0 Å². The second-order valence-electron chi connectivity index (χ2n) is 7.50. The minimum absolute atomic E-state index is 0.0273. The Bertz CT molecular complexity index is 1090. The molecule has 8 nitrogen and oxygen atoms in total. The van der Waals surface area contributed by atoms with Crippen LogP contribution < -0.4 is 4.90 Å². The number of hydrogen-bond acceptors (Lipinski definition) is 7. The number of piperazine rings is 1. The van der Waals surface area contributed by atoms with Crippen molar-refractivity contribution in [2.45, 2.75) is 19.1 Å². The van der Waals surface area contributed by atoms with Gasteiger partial charge in [-0.3, -0.25) is 15.0 Å². The quantitative estimate of drug-likeness (QED) is 0.419. The van der Waals surface area contributed by atoms with Crippen LogP contribution in [0.1, 0.15) is 24.4 Å². The number of nitro groups is 1. The van der Waals surface area contributed by atoms with E-state index in [9.17, 15) is 23.3 Å². The highest BCUT2D eigenvalue weighted by molar-refractivity contribution is 5.55. The lowest BCUT2D eigenvalue weighted by atomic mass is 10.1. The molecule has 1 saturated heterocycles. The maximum Gasteiger partial charge on any atom is 0.416 e. The van der Waals surface area contributed by atoms with Crippen LogP contribution in [0.2, 0.25) is 0 Å². The smallest absolute Gasteiger partial charge is 0.416 e. The number of anilines is 1. The van der Waals surface area contributed by atoms with Crippen molar-refractivity contribution >= 4 is 11.4 Å². The fourth-order valence-corrected chi connectivity index (χ4v) is 3.65. The number of benzene rings is 2. The fourth-order valence-electron chi connectivity index (χ4n) is 3.65. The molecular weight excluding hydrogens is 427 g/mol. The summed E-state index contributed by atoms with van der Waals surface area (Å²) in [6.07, 6.45) is -4.37. The molecule has 1 aliphatic heterocycles. The number of rotatable bonds is 5. The van der Waals surface area contributed by atoms with Crippen LogP contribution in [-0.4, -0.2) is 46.2 Å². The zero-order chi connectivity index (χ0) is 22.9. The Kier molecular flexibility index (Phi) is 5.83. The number of alkyl halides is 3. The number of non-ortho nitro benzene ring substituents is 1. The van der Waals surface area contributed by atoms with Gasteiger partial charge >= 0.3 is 6.18 Å². The van der Waals surface area contributed by atoms with Gasteiger partial charge in [-0.1, -0.05) is 6.07 Å². The Morgan fingerprint density at radius 3 is 2.38 bits per heavy atom. The predicted molar refractivity (Wildman–Crippen MR) is 110 cm³/mol. The third kappa shape index (κ3) is 4.57. The molecule has 32 heavy (non-hydrogen) atoms. The van der Waals surface area contributed by atoms with Crippen LogP contribution >= 0.6 is 0 Å². The first kappa shape index (κ1) is 21.8. The maximum absolute atomic E-state index is 13.0. The molecule has 0 N–H and O–H groups in total. The van der Waals surface area contributed by atoms with Crippen molar-refractivity contribution in [2.24, 2.45) is 0 Å². The van der Waals surface area contributed by atoms with Crippen molar-refractivity contribution in [1.82, 2.24) is 15.1 Å². The van der Waals surface area contributed by atoms with Gasteiger partial charge in [-0.2, -0.15) is 13.2 Å². The summed E-state index contributed by atoms with van der Waals surface area (Å²) in [6, 6.07) is 11.0. The van der Waals surface area contributed by atoms with E-state index in [1.807, 2.05) is 11.8 Å². The Hall–Kier alpha value is -3.47. The average Bonchev–Trinajstić information content (AvgIpc) is 3.28. The summed E-state index contributed by atoms with van der Waals surface area (Å²) in [7, 11) is 0. The van der Waals surface area contributed by atoms with E-state index < -0.39 is 16.7 Å². The number of halogens is 3. The van der Waals surface area contributed by atoms with E-state index in [2.05, 4.69) is 15.1 Å². The summed E-state index contributed by atoms with van der Waals surface area (Å²) in [5.74, 6) is 0.676. The molecule has 1 unspecified atom stereocenters. The van der Waals surface area contributed by atoms with Crippen molar-refractivity contribution in [3.05, 3.63) is 70.1 Å². The molecule has 1 fully saturated rings. The van der Waals surface area contributed by atoms with Crippen molar-refractivity contribution in [3.8, 4) is 11.5 Å². The summed E-state index contributed by atoms with van der Waals surface area (Å²) in [6.45, 7) is 4.29. The molecule has 1 aliphatic rings. The molecule has 168 valence electrons. The SMILES string of the molecule is CC(c1nnc(-c2ccc([N+](=O)[O-])cc2)o1)N1CCN(c2cccc(C(F)(F)F)c2)CC1. The molecule has 4 rings (SSSR count). The summed E-state index contributed by atoms with van der Waals surface area (Å²) >= 11 is 0. The first-order chi connectivity index (χ1) is 15.2. The monoisotopic (exact) mass is 447 g/mol. The van der Waals surface area contributed by atoms with Gasteiger partial charge in [-0.15, -0.1) is 10.2 Å². The lowest BCUT2D eigenvalue weighted by Crippen LogP contribution is -2.47. The van der Waals surface area contributed by atoms with Crippen molar-refractivity contribution in [1.29, 1.82) is 0 Å². The normalized spacial score (nSPS) is 16.2. The largest absolute Gasteiger partial charge is 0.419 e. The van der Waals surface area contributed by atoms with Gasteiger partial charge in [0.2, 0.25) is 11.8 Å². The zero-order valence-corrected chi connectivity index (χ0v) is 17.1. The number of nitro benzene ring substituents is 1. The van der Waals surface area contributed by atoms with E-state index in [1.54, 1.807) is 18.2 Å². The van der Waals surface area contributed by atoms with Crippen LogP contribution in [0.5, 0.6) is 0 Å². The average molecular weight is 447 g/mol. The lowest BCUT2D eigenvalue weighted by Gasteiger charge is -2.38. The molecule has 2 aromatic carbocycles. The highest BCUT2D eigenvalue weighted by Crippen LogP contribution is 2.32. The van der Waals surface area contributed by atoms with Gasteiger partial charge in [-0.25, -0.2) is 0 Å². The molecule has 11 heteroatoms. The molecule has 1 atom stereocenters. The van der Waals surface area contributed by atoms with Gasteiger partial charge in [0.15, 0.2) is 0 Å². The third-order valence-electron chi connectivity index (χ3n) is 5.52. The summed E-state index contributed by atoms with van der Waals surface area (Å²) in [4.78, 5) is 14.4. The van der Waals surface area contributed by atoms with E-state index in [0.717, 1.165) is 6.07 Å². The molecule has 3 aromatic rings. The predicted octanol–water partition coefficient (Wildman–Crippen LogP) is 4.55. The summed E-state index contributed by atoms with van der Waals surface area (Å²) in [5, 5.41) is 18.9. The zero-order valence-electron chi connectivity index (χ0n) is 17.1. The van der Waals surface area contributed by atoms with Crippen molar-refractivity contribution < 1.29 is 22.5 Å².